The van der Waals surface area contributed by atoms with Crippen LogP contribution in [0.3, 0.4) is 0 Å². The predicted octanol–water partition coefficient (Wildman–Crippen LogP) is 0.556. The second-order valence-electron chi connectivity index (χ2n) is 6.59. The Balaban J connectivity index is 0.000000878. The lowest BCUT2D eigenvalue weighted by atomic mass is 10.2. The molecule has 1 amide bonds. The van der Waals surface area contributed by atoms with Crippen molar-refractivity contribution in [2.75, 3.05) is 27.2 Å². The Hall–Kier alpha value is -2.85. The van der Waals surface area contributed by atoms with Gasteiger partial charge in [-0.05, 0) is 31.7 Å². The molecule has 10 heteroatoms. The minimum absolute atomic E-state index is 0.103. The van der Waals surface area contributed by atoms with E-state index in [1.165, 1.54) is 0 Å². The topological polar surface area (TPSA) is 114 Å². The number of pyridine rings is 1. The van der Waals surface area contributed by atoms with Gasteiger partial charge in [0.05, 0.1) is 19.1 Å². The molecular weight excluding hydrogens is 364 g/mol. The Morgan fingerprint density at radius 3 is 2.71 bits per heavy atom. The normalized spacial score (nSPS) is 15.6. The van der Waals surface area contributed by atoms with Gasteiger partial charge in [0.15, 0.2) is 11.6 Å². The summed E-state index contributed by atoms with van der Waals surface area (Å²) in [7, 11) is 3.59. The minimum Gasteiger partial charge on any atom is -0.483 e. The number of ether oxygens (including phenoxy) is 1. The van der Waals surface area contributed by atoms with Crippen LogP contribution in [-0.4, -0.2) is 74.3 Å². The summed E-state index contributed by atoms with van der Waals surface area (Å²) >= 11 is 0. The van der Waals surface area contributed by atoms with E-state index in [1.54, 1.807) is 19.5 Å². The van der Waals surface area contributed by atoms with Crippen LogP contribution < -0.4 is 0 Å². The highest BCUT2D eigenvalue weighted by atomic mass is 16.5. The molecule has 152 valence electrons. The van der Waals surface area contributed by atoms with Crippen molar-refractivity contribution in [2.24, 2.45) is 0 Å². The molecule has 1 N–H and O–H groups in total. The number of carboxylic acid groups (broad SMARTS) is 1. The molecule has 3 heterocycles. The fourth-order valence-electron chi connectivity index (χ4n) is 3.22. The molecule has 0 spiro atoms. The van der Waals surface area contributed by atoms with E-state index in [9.17, 15) is 4.79 Å². The SMILES string of the molecule is COCc1nnc2n1[C@@H](C)CN(C(=O)CN(C)Cc1ccncc1)C2.O=CO. The molecule has 2 aromatic rings. The van der Waals surface area contributed by atoms with E-state index < -0.39 is 0 Å². The van der Waals surface area contributed by atoms with E-state index in [2.05, 4.69) is 26.7 Å². The molecule has 0 aromatic carbocycles. The first-order chi connectivity index (χ1) is 13.5. The third-order valence-corrected chi connectivity index (χ3v) is 4.33. The number of hydrogen-bond donors (Lipinski definition) is 1. The molecule has 2 aromatic heterocycles. The van der Waals surface area contributed by atoms with Crippen LogP contribution in [0.2, 0.25) is 0 Å². The molecule has 0 bridgehead atoms. The van der Waals surface area contributed by atoms with E-state index in [0.717, 1.165) is 17.2 Å². The lowest BCUT2D eigenvalue weighted by Crippen LogP contribution is -2.44. The monoisotopic (exact) mass is 390 g/mol. The summed E-state index contributed by atoms with van der Waals surface area (Å²) in [5.41, 5.74) is 1.14. The van der Waals surface area contributed by atoms with Crippen molar-refractivity contribution in [3.05, 3.63) is 41.7 Å². The molecular formula is C18H26N6O4. The third-order valence-electron chi connectivity index (χ3n) is 4.33. The van der Waals surface area contributed by atoms with Gasteiger partial charge in [-0.2, -0.15) is 0 Å². The Bertz CT molecular complexity index is 767. The predicted molar refractivity (Wildman–Crippen MR) is 100 cm³/mol. The van der Waals surface area contributed by atoms with Crippen molar-refractivity contribution in [3.63, 3.8) is 0 Å². The molecule has 1 aliphatic heterocycles. The first-order valence-corrected chi connectivity index (χ1v) is 8.84. The summed E-state index contributed by atoms with van der Waals surface area (Å²) in [4.78, 5) is 28.9. The van der Waals surface area contributed by atoms with Gasteiger partial charge in [0, 0.05) is 32.6 Å². The fraction of sp³-hybridized carbons (Fsp3) is 0.500. The van der Waals surface area contributed by atoms with Crippen LogP contribution in [0.4, 0.5) is 0 Å². The van der Waals surface area contributed by atoms with E-state index in [-0.39, 0.29) is 18.4 Å². The number of likely N-dealkylation sites (N-methyl/N-ethyl adjacent to an activating group) is 1. The van der Waals surface area contributed by atoms with Crippen molar-refractivity contribution >= 4 is 12.4 Å². The quantitative estimate of drug-likeness (QED) is 0.712. The van der Waals surface area contributed by atoms with E-state index in [1.807, 2.05) is 29.0 Å². The minimum atomic E-state index is -0.250. The number of amides is 1. The smallest absolute Gasteiger partial charge is 0.290 e. The number of aromatic nitrogens is 4. The molecule has 0 saturated heterocycles. The van der Waals surface area contributed by atoms with E-state index in [0.29, 0.717) is 32.8 Å². The van der Waals surface area contributed by atoms with Crippen LogP contribution in [0.25, 0.3) is 0 Å². The zero-order chi connectivity index (χ0) is 20.5. The highest BCUT2D eigenvalue weighted by Gasteiger charge is 2.29. The second kappa shape index (κ2) is 10.5. The molecule has 10 nitrogen and oxygen atoms in total. The Morgan fingerprint density at radius 1 is 1.39 bits per heavy atom. The van der Waals surface area contributed by atoms with Crippen molar-refractivity contribution in [1.82, 2.24) is 29.5 Å². The van der Waals surface area contributed by atoms with Crippen LogP contribution in [0.1, 0.15) is 30.2 Å². The number of hydrogen-bond acceptors (Lipinski definition) is 7. The van der Waals surface area contributed by atoms with Crippen LogP contribution in [-0.2, 0) is 34.0 Å². The van der Waals surface area contributed by atoms with Crippen molar-refractivity contribution in [2.45, 2.75) is 32.7 Å². The molecule has 1 atom stereocenters. The standard InChI is InChI=1S/C17H24N6O2.CH2O2/c1-13-8-22(10-15-19-20-16(12-25-3)23(13)15)17(24)11-21(2)9-14-4-6-18-7-5-14;2-1-3/h4-7,13H,8-12H2,1-3H3;1H,(H,2,3)/t13-;/m0./s1. The van der Waals surface area contributed by atoms with Gasteiger partial charge in [0.2, 0.25) is 5.91 Å². The lowest BCUT2D eigenvalue weighted by Gasteiger charge is -2.33. The van der Waals surface area contributed by atoms with Crippen LogP contribution in [0.15, 0.2) is 24.5 Å². The van der Waals surface area contributed by atoms with E-state index >= 15 is 0 Å². The van der Waals surface area contributed by atoms with Gasteiger partial charge >= 0.3 is 0 Å². The van der Waals surface area contributed by atoms with Gasteiger partial charge in [0.25, 0.3) is 6.47 Å². The summed E-state index contributed by atoms with van der Waals surface area (Å²) in [6, 6.07) is 4.06. The fourth-order valence-corrected chi connectivity index (χ4v) is 3.22. The van der Waals surface area contributed by atoms with Gasteiger partial charge < -0.3 is 19.3 Å². The molecule has 0 saturated carbocycles. The largest absolute Gasteiger partial charge is 0.483 e. The first-order valence-electron chi connectivity index (χ1n) is 8.84. The zero-order valence-electron chi connectivity index (χ0n) is 16.4. The Morgan fingerprint density at radius 2 is 2.07 bits per heavy atom. The molecule has 0 aliphatic carbocycles. The van der Waals surface area contributed by atoms with Crippen molar-refractivity contribution in [3.8, 4) is 0 Å². The van der Waals surface area contributed by atoms with E-state index in [4.69, 9.17) is 14.6 Å². The zero-order valence-corrected chi connectivity index (χ0v) is 16.4. The summed E-state index contributed by atoms with van der Waals surface area (Å²) in [6.45, 7) is 4.48. The summed E-state index contributed by atoms with van der Waals surface area (Å²) in [6.07, 6.45) is 3.53. The van der Waals surface area contributed by atoms with Gasteiger partial charge in [-0.25, -0.2) is 0 Å². The maximum Gasteiger partial charge on any atom is 0.290 e. The number of nitrogens with zero attached hydrogens (tertiary/aromatic N) is 6. The van der Waals surface area contributed by atoms with Gasteiger partial charge in [-0.1, -0.05) is 0 Å². The molecule has 28 heavy (non-hydrogen) atoms. The lowest BCUT2D eigenvalue weighted by molar-refractivity contribution is -0.134. The average Bonchev–Trinajstić information content (AvgIpc) is 3.07. The molecule has 3 rings (SSSR count). The van der Waals surface area contributed by atoms with Crippen molar-refractivity contribution in [1.29, 1.82) is 0 Å². The number of carbonyl (C=O) groups is 2. The van der Waals surface area contributed by atoms with Crippen LogP contribution >= 0.6 is 0 Å². The van der Waals surface area contributed by atoms with Gasteiger partial charge in [-0.3, -0.25) is 19.5 Å². The van der Waals surface area contributed by atoms with Crippen LogP contribution in [0.5, 0.6) is 0 Å². The molecule has 0 fully saturated rings. The number of methoxy groups -OCH3 is 1. The van der Waals surface area contributed by atoms with Crippen LogP contribution in [0, 0.1) is 0 Å². The summed E-state index contributed by atoms with van der Waals surface area (Å²) < 4.78 is 7.25. The molecule has 1 aliphatic rings. The Kier molecular flexibility index (Phi) is 8.02. The molecule has 0 radical (unpaired) electrons. The summed E-state index contributed by atoms with van der Waals surface area (Å²) in [5.74, 6) is 1.73. The van der Waals surface area contributed by atoms with Gasteiger partial charge in [-0.15, -0.1) is 10.2 Å². The number of fused-ring (bicyclic) bond motifs is 1. The number of carbonyl (C=O) groups excluding carboxylic acids is 1. The second-order valence-corrected chi connectivity index (χ2v) is 6.59. The highest BCUT2D eigenvalue weighted by Crippen LogP contribution is 2.22. The summed E-state index contributed by atoms with van der Waals surface area (Å²) in [5, 5.41) is 15.3. The maximum atomic E-state index is 12.7. The average molecular weight is 390 g/mol. The Labute approximate surface area is 163 Å². The van der Waals surface area contributed by atoms with Crippen molar-refractivity contribution < 1.29 is 19.4 Å². The first kappa shape index (κ1) is 21.5. The highest BCUT2D eigenvalue weighted by molar-refractivity contribution is 5.78. The van der Waals surface area contributed by atoms with Gasteiger partial charge in [0.1, 0.15) is 6.61 Å². The molecule has 0 unspecified atom stereocenters. The number of rotatable bonds is 6. The third kappa shape index (κ3) is 5.57. The maximum absolute atomic E-state index is 12.7.